The van der Waals surface area contributed by atoms with Gasteiger partial charge in [-0.1, -0.05) is 40.9 Å². The number of halogens is 3. The molecule has 0 aliphatic carbocycles. The fourth-order valence-corrected chi connectivity index (χ4v) is 3.17. The summed E-state index contributed by atoms with van der Waals surface area (Å²) in [4.78, 5) is 0. The molecule has 114 valence electrons. The van der Waals surface area contributed by atoms with Gasteiger partial charge in [-0.25, -0.2) is 0 Å². The maximum atomic E-state index is 6.32. The predicted octanol–water partition coefficient (Wildman–Crippen LogP) is 4.06. The SMILES string of the molecule is CNC(Cc1c(Cl)cccc1Cl)Cc1c(Cl)c(C)nn1C. The molecule has 0 saturated carbocycles. The first-order valence-electron chi connectivity index (χ1n) is 6.72. The number of nitrogens with zero attached hydrogens (tertiary/aromatic N) is 2. The van der Waals surface area contributed by atoms with Crippen LogP contribution in [0.25, 0.3) is 0 Å². The summed E-state index contributed by atoms with van der Waals surface area (Å²) in [7, 11) is 3.83. The number of hydrogen-bond donors (Lipinski definition) is 1. The van der Waals surface area contributed by atoms with E-state index in [4.69, 9.17) is 34.8 Å². The lowest BCUT2D eigenvalue weighted by Crippen LogP contribution is -2.31. The second-order valence-electron chi connectivity index (χ2n) is 5.06. The third kappa shape index (κ3) is 3.72. The van der Waals surface area contributed by atoms with Crippen molar-refractivity contribution in [3.05, 3.63) is 50.2 Å². The van der Waals surface area contributed by atoms with Gasteiger partial charge in [0.15, 0.2) is 0 Å². The molecule has 1 heterocycles. The fraction of sp³-hybridized carbons (Fsp3) is 0.400. The summed E-state index contributed by atoms with van der Waals surface area (Å²) >= 11 is 18.8. The van der Waals surface area contributed by atoms with Crippen LogP contribution >= 0.6 is 34.8 Å². The summed E-state index contributed by atoms with van der Waals surface area (Å²) in [6.45, 7) is 1.91. The first-order valence-corrected chi connectivity index (χ1v) is 7.85. The van der Waals surface area contributed by atoms with Crippen molar-refractivity contribution < 1.29 is 0 Å². The Morgan fingerprint density at radius 2 is 1.81 bits per heavy atom. The van der Waals surface area contributed by atoms with Gasteiger partial charge in [-0.05, 0) is 38.1 Å². The highest BCUT2D eigenvalue weighted by Crippen LogP contribution is 2.27. The van der Waals surface area contributed by atoms with Crippen molar-refractivity contribution in [3.63, 3.8) is 0 Å². The van der Waals surface area contributed by atoms with Crippen LogP contribution < -0.4 is 5.32 Å². The van der Waals surface area contributed by atoms with Gasteiger partial charge in [0.05, 0.1) is 16.4 Å². The Balaban J connectivity index is 2.21. The minimum atomic E-state index is 0.176. The average Bonchev–Trinajstić information content (AvgIpc) is 2.67. The molecule has 0 radical (unpaired) electrons. The average molecular weight is 347 g/mol. The number of rotatable bonds is 5. The maximum Gasteiger partial charge on any atom is 0.0847 e. The molecule has 2 aromatic rings. The molecule has 0 bridgehead atoms. The summed E-state index contributed by atoms with van der Waals surface area (Å²) in [5, 5.41) is 9.75. The van der Waals surface area contributed by atoms with Crippen LogP contribution in [0.3, 0.4) is 0 Å². The third-order valence-corrected chi connectivity index (χ3v) is 4.82. The molecule has 0 aliphatic heterocycles. The molecule has 2 rings (SSSR count). The Kier molecular flexibility index (Phi) is 5.55. The van der Waals surface area contributed by atoms with Gasteiger partial charge in [0.1, 0.15) is 0 Å². The van der Waals surface area contributed by atoms with Crippen LogP contribution in [0.15, 0.2) is 18.2 Å². The van der Waals surface area contributed by atoms with E-state index >= 15 is 0 Å². The molecular weight excluding hydrogens is 329 g/mol. The van der Waals surface area contributed by atoms with Crippen molar-refractivity contribution in [1.29, 1.82) is 0 Å². The van der Waals surface area contributed by atoms with E-state index in [0.717, 1.165) is 34.8 Å². The number of aromatic nitrogens is 2. The standard InChI is InChI=1S/C15H18Cl3N3/c1-9-15(18)14(21(3)20-9)8-10(19-2)7-11-12(16)5-4-6-13(11)17/h4-6,10,19H,7-8H2,1-3H3. The number of likely N-dealkylation sites (N-methyl/N-ethyl adjacent to an activating group) is 1. The highest BCUT2D eigenvalue weighted by Gasteiger charge is 2.18. The molecule has 0 aliphatic rings. The molecule has 0 amide bonds. The Morgan fingerprint density at radius 3 is 2.29 bits per heavy atom. The van der Waals surface area contributed by atoms with Crippen LogP contribution in [0.5, 0.6) is 0 Å². The molecule has 1 aromatic heterocycles. The Hall–Kier alpha value is -0.740. The highest BCUT2D eigenvalue weighted by atomic mass is 35.5. The van der Waals surface area contributed by atoms with Crippen LogP contribution in [0, 0.1) is 6.92 Å². The van der Waals surface area contributed by atoms with E-state index in [1.165, 1.54) is 0 Å². The second-order valence-corrected chi connectivity index (χ2v) is 6.26. The first kappa shape index (κ1) is 16.6. The van der Waals surface area contributed by atoms with Crippen molar-refractivity contribution in [2.75, 3.05) is 7.05 Å². The van der Waals surface area contributed by atoms with Gasteiger partial charge in [0.2, 0.25) is 0 Å². The molecule has 1 N–H and O–H groups in total. The largest absolute Gasteiger partial charge is 0.316 e. The lowest BCUT2D eigenvalue weighted by Gasteiger charge is -2.18. The summed E-state index contributed by atoms with van der Waals surface area (Å²) < 4.78 is 1.83. The fourth-order valence-electron chi connectivity index (χ4n) is 2.39. The normalized spacial score (nSPS) is 12.7. The van der Waals surface area contributed by atoms with Crippen molar-refractivity contribution >= 4 is 34.8 Å². The second kappa shape index (κ2) is 7.01. The van der Waals surface area contributed by atoms with E-state index < -0.39 is 0 Å². The molecule has 6 heteroatoms. The molecule has 0 fully saturated rings. The molecule has 0 saturated heterocycles. The van der Waals surface area contributed by atoms with Gasteiger partial charge < -0.3 is 5.32 Å². The zero-order valence-corrected chi connectivity index (χ0v) is 14.5. The molecule has 1 atom stereocenters. The lowest BCUT2D eigenvalue weighted by molar-refractivity contribution is 0.534. The van der Waals surface area contributed by atoms with E-state index in [9.17, 15) is 0 Å². The van der Waals surface area contributed by atoms with Gasteiger partial charge in [0, 0.05) is 29.6 Å². The van der Waals surface area contributed by atoms with Gasteiger partial charge >= 0.3 is 0 Å². The summed E-state index contributed by atoms with van der Waals surface area (Å²) in [6.07, 6.45) is 1.49. The predicted molar refractivity (Wildman–Crippen MR) is 89.7 cm³/mol. The van der Waals surface area contributed by atoms with E-state index in [1.54, 1.807) is 0 Å². The zero-order valence-electron chi connectivity index (χ0n) is 12.3. The molecule has 3 nitrogen and oxygen atoms in total. The molecule has 0 spiro atoms. The number of nitrogens with one attached hydrogen (secondary N) is 1. The Labute approximate surface area is 140 Å². The monoisotopic (exact) mass is 345 g/mol. The van der Waals surface area contributed by atoms with Gasteiger partial charge in [0.25, 0.3) is 0 Å². The van der Waals surface area contributed by atoms with E-state index in [1.807, 2.05) is 43.9 Å². The minimum absolute atomic E-state index is 0.176. The van der Waals surface area contributed by atoms with Crippen LogP contribution in [0.4, 0.5) is 0 Å². The summed E-state index contributed by atoms with van der Waals surface area (Å²) in [5.41, 5.74) is 2.81. The Bertz CT molecular complexity index is 617. The first-order chi connectivity index (χ1) is 9.93. The van der Waals surface area contributed by atoms with Crippen LogP contribution in [0.1, 0.15) is 17.0 Å². The van der Waals surface area contributed by atoms with Gasteiger partial charge in [-0.15, -0.1) is 0 Å². The van der Waals surface area contributed by atoms with E-state index in [0.29, 0.717) is 10.0 Å². The van der Waals surface area contributed by atoms with Crippen LogP contribution in [0.2, 0.25) is 15.1 Å². The smallest absolute Gasteiger partial charge is 0.0847 e. The van der Waals surface area contributed by atoms with Crippen LogP contribution in [-0.2, 0) is 19.9 Å². The van der Waals surface area contributed by atoms with Gasteiger partial charge in [-0.2, -0.15) is 5.10 Å². The van der Waals surface area contributed by atoms with Crippen molar-refractivity contribution in [2.45, 2.75) is 25.8 Å². The quantitative estimate of drug-likeness (QED) is 0.884. The van der Waals surface area contributed by atoms with Crippen molar-refractivity contribution in [2.24, 2.45) is 7.05 Å². The zero-order chi connectivity index (χ0) is 15.6. The van der Waals surface area contributed by atoms with Crippen molar-refractivity contribution in [1.82, 2.24) is 15.1 Å². The molecular formula is C15H18Cl3N3. The number of aryl methyl sites for hydroxylation is 2. The maximum absolute atomic E-state index is 6.32. The lowest BCUT2D eigenvalue weighted by atomic mass is 10.0. The summed E-state index contributed by atoms with van der Waals surface area (Å²) in [6, 6.07) is 5.74. The Morgan fingerprint density at radius 1 is 1.19 bits per heavy atom. The number of hydrogen-bond acceptors (Lipinski definition) is 2. The molecule has 1 unspecified atom stereocenters. The van der Waals surface area contributed by atoms with E-state index in [2.05, 4.69) is 10.4 Å². The molecule has 21 heavy (non-hydrogen) atoms. The number of benzene rings is 1. The third-order valence-electron chi connectivity index (χ3n) is 3.62. The van der Waals surface area contributed by atoms with Crippen LogP contribution in [-0.4, -0.2) is 22.9 Å². The highest BCUT2D eigenvalue weighted by molar-refractivity contribution is 6.36. The minimum Gasteiger partial charge on any atom is -0.316 e. The van der Waals surface area contributed by atoms with Crippen molar-refractivity contribution in [3.8, 4) is 0 Å². The topological polar surface area (TPSA) is 29.9 Å². The molecule has 1 aromatic carbocycles. The van der Waals surface area contributed by atoms with E-state index in [-0.39, 0.29) is 6.04 Å². The summed E-state index contributed by atoms with van der Waals surface area (Å²) in [5.74, 6) is 0. The van der Waals surface area contributed by atoms with Gasteiger partial charge in [-0.3, -0.25) is 4.68 Å².